The highest BCUT2D eigenvalue weighted by Gasteiger charge is 2.30. The summed E-state index contributed by atoms with van der Waals surface area (Å²) in [6, 6.07) is 0. The Morgan fingerprint density at radius 2 is 1.89 bits per heavy atom. The summed E-state index contributed by atoms with van der Waals surface area (Å²) in [5.74, 6) is 1.24. The van der Waals surface area contributed by atoms with E-state index in [4.69, 9.17) is 4.74 Å². The predicted molar refractivity (Wildman–Crippen MR) is 68.6 cm³/mol. The van der Waals surface area contributed by atoms with Crippen molar-refractivity contribution in [2.75, 3.05) is 6.61 Å². The predicted octanol–water partition coefficient (Wildman–Crippen LogP) is 4.92. The molecule has 0 radical (unpaired) electrons. The molecule has 0 N–H and O–H groups in total. The van der Waals surface area contributed by atoms with Crippen molar-refractivity contribution in [3.8, 4) is 0 Å². The Labute approximate surface area is 109 Å². The second kappa shape index (κ2) is 6.65. The summed E-state index contributed by atoms with van der Waals surface area (Å²) in [6.07, 6.45) is 6.69. The van der Waals surface area contributed by atoms with E-state index in [1.54, 1.807) is 0 Å². The average molecular weight is 258 g/mol. The van der Waals surface area contributed by atoms with Crippen LogP contribution in [-0.2, 0) is 4.74 Å². The third-order valence-electron chi connectivity index (χ3n) is 4.53. The van der Waals surface area contributed by atoms with Gasteiger partial charge in [-0.2, -0.15) is 8.78 Å². The monoisotopic (exact) mass is 258 g/mol. The molecule has 3 heteroatoms. The number of allylic oxidation sites excluding steroid dienone is 1. The SMILES string of the molecule is CCCC1CCC(C2CCC(=C(F)F)CC2)OC1. The molecule has 0 aromatic rings. The molecule has 1 saturated carbocycles. The molecule has 1 heterocycles. The molecule has 2 fully saturated rings. The lowest BCUT2D eigenvalue weighted by atomic mass is 9.79. The van der Waals surface area contributed by atoms with Crippen molar-refractivity contribution in [2.45, 2.75) is 64.4 Å². The zero-order chi connectivity index (χ0) is 13.0. The van der Waals surface area contributed by atoms with E-state index in [0.29, 0.717) is 30.4 Å². The molecule has 104 valence electrons. The van der Waals surface area contributed by atoms with E-state index in [1.807, 2.05) is 0 Å². The van der Waals surface area contributed by atoms with Crippen molar-refractivity contribution in [2.24, 2.45) is 11.8 Å². The largest absolute Gasteiger partial charge is 0.378 e. The molecule has 0 spiro atoms. The summed E-state index contributed by atoms with van der Waals surface area (Å²) < 4.78 is 30.9. The van der Waals surface area contributed by atoms with Crippen molar-refractivity contribution in [1.82, 2.24) is 0 Å². The van der Waals surface area contributed by atoms with Gasteiger partial charge in [0.1, 0.15) is 0 Å². The minimum absolute atomic E-state index is 0.335. The van der Waals surface area contributed by atoms with E-state index in [0.717, 1.165) is 31.8 Å². The highest BCUT2D eigenvalue weighted by molar-refractivity contribution is 5.06. The number of halogens is 2. The molecule has 18 heavy (non-hydrogen) atoms. The highest BCUT2D eigenvalue weighted by atomic mass is 19.3. The quantitative estimate of drug-likeness (QED) is 0.698. The molecule has 1 saturated heterocycles. The van der Waals surface area contributed by atoms with Crippen LogP contribution in [0.5, 0.6) is 0 Å². The summed E-state index contributed by atoms with van der Waals surface area (Å²) in [7, 11) is 0. The summed E-state index contributed by atoms with van der Waals surface area (Å²) in [6.45, 7) is 3.10. The molecule has 0 aromatic carbocycles. The van der Waals surface area contributed by atoms with Crippen LogP contribution in [-0.4, -0.2) is 12.7 Å². The van der Waals surface area contributed by atoms with Gasteiger partial charge in [-0.25, -0.2) is 0 Å². The summed E-state index contributed by atoms with van der Waals surface area (Å²) >= 11 is 0. The minimum atomic E-state index is -1.44. The summed E-state index contributed by atoms with van der Waals surface area (Å²) in [5.41, 5.74) is 0.380. The standard InChI is InChI=1S/C15H24F2O/c1-2-3-11-4-9-14(18-10-11)12-5-7-13(8-6-12)15(16)17/h11-12,14H,2-10H2,1H3. The van der Waals surface area contributed by atoms with Crippen LogP contribution in [0.2, 0.25) is 0 Å². The number of ether oxygens (including phenoxy) is 1. The normalized spacial score (nSPS) is 33.5. The minimum Gasteiger partial charge on any atom is -0.378 e. The maximum Gasteiger partial charge on any atom is 0.269 e. The van der Waals surface area contributed by atoms with Gasteiger partial charge in [0.15, 0.2) is 0 Å². The first-order chi connectivity index (χ1) is 8.70. The second-order valence-corrected chi connectivity index (χ2v) is 5.81. The van der Waals surface area contributed by atoms with Crippen LogP contribution < -0.4 is 0 Å². The Kier molecular flexibility index (Phi) is 5.16. The van der Waals surface area contributed by atoms with Crippen molar-refractivity contribution in [3.63, 3.8) is 0 Å². The van der Waals surface area contributed by atoms with Crippen molar-refractivity contribution >= 4 is 0 Å². The van der Waals surface area contributed by atoms with Crippen LogP contribution in [0.1, 0.15) is 58.3 Å². The summed E-state index contributed by atoms with van der Waals surface area (Å²) in [5, 5.41) is 0. The highest BCUT2D eigenvalue weighted by Crippen LogP contribution is 2.37. The lowest BCUT2D eigenvalue weighted by molar-refractivity contribution is -0.0546. The number of hydrogen-bond acceptors (Lipinski definition) is 1. The molecule has 2 atom stereocenters. The first kappa shape index (κ1) is 14.0. The van der Waals surface area contributed by atoms with Gasteiger partial charge in [0.25, 0.3) is 6.08 Å². The van der Waals surface area contributed by atoms with Gasteiger partial charge in [-0.15, -0.1) is 0 Å². The van der Waals surface area contributed by atoms with Gasteiger partial charge in [0, 0.05) is 6.61 Å². The van der Waals surface area contributed by atoms with Gasteiger partial charge >= 0.3 is 0 Å². The molecular weight excluding hydrogens is 234 g/mol. The van der Waals surface area contributed by atoms with E-state index in [1.165, 1.54) is 19.3 Å². The fourth-order valence-corrected chi connectivity index (χ4v) is 3.38. The molecule has 1 aliphatic carbocycles. The van der Waals surface area contributed by atoms with Crippen LogP contribution in [0.4, 0.5) is 8.78 Å². The zero-order valence-electron chi connectivity index (χ0n) is 11.3. The molecule has 0 bridgehead atoms. The molecule has 1 aliphatic heterocycles. The molecule has 2 rings (SSSR count). The van der Waals surface area contributed by atoms with Crippen molar-refractivity contribution < 1.29 is 13.5 Å². The Hall–Kier alpha value is -0.440. The van der Waals surface area contributed by atoms with Crippen LogP contribution in [0.3, 0.4) is 0 Å². The molecule has 1 nitrogen and oxygen atoms in total. The van der Waals surface area contributed by atoms with E-state index in [2.05, 4.69) is 6.92 Å². The molecule has 2 aliphatic rings. The van der Waals surface area contributed by atoms with Gasteiger partial charge in [-0.1, -0.05) is 13.3 Å². The Balaban J connectivity index is 1.76. The van der Waals surface area contributed by atoms with Gasteiger partial charge in [-0.05, 0) is 62.4 Å². The maximum absolute atomic E-state index is 12.5. The van der Waals surface area contributed by atoms with E-state index < -0.39 is 6.08 Å². The number of hydrogen-bond donors (Lipinski definition) is 0. The first-order valence-corrected chi connectivity index (χ1v) is 7.35. The van der Waals surface area contributed by atoms with Gasteiger partial charge in [0.2, 0.25) is 0 Å². The lowest BCUT2D eigenvalue weighted by Crippen LogP contribution is -2.33. The number of rotatable bonds is 3. The van der Waals surface area contributed by atoms with E-state index in [-0.39, 0.29) is 0 Å². The maximum atomic E-state index is 12.5. The molecule has 0 amide bonds. The van der Waals surface area contributed by atoms with Crippen LogP contribution in [0.15, 0.2) is 11.7 Å². The fourth-order valence-electron chi connectivity index (χ4n) is 3.38. The summed E-state index contributed by atoms with van der Waals surface area (Å²) in [4.78, 5) is 0. The average Bonchev–Trinajstić information content (AvgIpc) is 2.40. The Morgan fingerprint density at radius 1 is 1.17 bits per heavy atom. The third kappa shape index (κ3) is 3.53. The Morgan fingerprint density at radius 3 is 2.39 bits per heavy atom. The van der Waals surface area contributed by atoms with E-state index >= 15 is 0 Å². The van der Waals surface area contributed by atoms with Crippen molar-refractivity contribution in [3.05, 3.63) is 11.7 Å². The smallest absolute Gasteiger partial charge is 0.269 e. The Bertz CT molecular complexity index is 279. The topological polar surface area (TPSA) is 9.23 Å². The molecule has 0 aromatic heterocycles. The lowest BCUT2D eigenvalue weighted by Gasteiger charge is -2.36. The molecule has 2 unspecified atom stereocenters. The van der Waals surface area contributed by atoms with Gasteiger partial charge < -0.3 is 4.74 Å². The zero-order valence-corrected chi connectivity index (χ0v) is 11.3. The van der Waals surface area contributed by atoms with Crippen LogP contribution >= 0.6 is 0 Å². The molecular formula is C15H24F2O. The third-order valence-corrected chi connectivity index (χ3v) is 4.53. The van der Waals surface area contributed by atoms with Crippen LogP contribution in [0, 0.1) is 11.8 Å². The fraction of sp³-hybridized carbons (Fsp3) is 0.867. The second-order valence-electron chi connectivity index (χ2n) is 5.81. The van der Waals surface area contributed by atoms with Gasteiger partial charge in [0.05, 0.1) is 6.10 Å². The van der Waals surface area contributed by atoms with Gasteiger partial charge in [-0.3, -0.25) is 0 Å². The first-order valence-electron chi connectivity index (χ1n) is 7.35. The van der Waals surface area contributed by atoms with Crippen LogP contribution in [0.25, 0.3) is 0 Å². The van der Waals surface area contributed by atoms with E-state index in [9.17, 15) is 8.78 Å². The van der Waals surface area contributed by atoms with Crippen molar-refractivity contribution in [1.29, 1.82) is 0 Å².